The minimum atomic E-state index is -1.27. The van der Waals surface area contributed by atoms with Gasteiger partial charge in [-0.1, -0.05) is 42.5 Å². The lowest BCUT2D eigenvalue weighted by atomic mass is 9.88. The molecule has 3 rings (SSSR count). The summed E-state index contributed by atoms with van der Waals surface area (Å²) in [6.07, 6.45) is 0.216. The van der Waals surface area contributed by atoms with Crippen molar-refractivity contribution in [3.63, 3.8) is 0 Å². The van der Waals surface area contributed by atoms with Crippen LogP contribution in [-0.2, 0) is 17.6 Å². The van der Waals surface area contributed by atoms with Gasteiger partial charge in [-0.3, -0.25) is 4.79 Å². The summed E-state index contributed by atoms with van der Waals surface area (Å²) in [6.45, 7) is 1.32. The number of β-amino-alcohol motifs (C(OH)–C–C–N with tert-alkyl or cyclic N) is 1. The lowest BCUT2D eigenvalue weighted by Gasteiger charge is -2.42. The monoisotopic (exact) mass is 386 g/mol. The summed E-state index contributed by atoms with van der Waals surface area (Å²) in [5.74, 6) is -0.314. The lowest BCUT2D eigenvalue weighted by molar-refractivity contribution is -0.148. The number of rotatable bonds is 7. The normalized spacial score (nSPS) is 22.2. The number of nitrogens with one attached hydrogen (secondary N) is 1. The molecule has 6 heteroatoms. The van der Waals surface area contributed by atoms with Gasteiger partial charge >= 0.3 is 0 Å². The number of aliphatic hydroxyl groups excluding tert-OH is 1. The van der Waals surface area contributed by atoms with Gasteiger partial charge in [0.1, 0.15) is 17.5 Å². The number of hydrogen-bond donors (Lipinski definition) is 3. The molecule has 1 aliphatic rings. The summed E-state index contributed by atoms with van der Waals surface area (Å²) in [5, 5.41) is 24.3. The molecule has 0 bridgehead atoms. The number of benzene rings is 2. The Labute approximate surface area is 164 Å². The molecule has 3 N–H and O–H groups in total. The van der Waals surface area contributed by atoms with Crippen molar-refractivity contribution in [1.29, 1.82) is 0 Å². The first-order chi connectivity index (χ1) is 13.5. The zero-order valence-corrected chi connectivity index (χ0v) is 15.9. The molecule has 2 aromatic rings. The Morgan fingerprint density at radius 2 is 1.93 bits per heavy atom. The van der Waals surface area contributed by atoms with Gasteiger partial charge in [-0.2, -0.15) is 0 Å². The Kier molecular flexibility index (Phi) is 6.78. The van der Waals surface area contributed by atoms with Gasteiger partial charge in [-0.05, 0) is 42.6 Å². The van der Waals surface area contributed by atoms with Crippen LogP contribution in [0, 0.1) is 5.82 Å². The first kappa shape index (κ1) is 20.5. The van der Waals surface area contributed by atoms with E-state index in [1.54, 1.807) is 11.0 Å². The van der Waals surface area contributed by atoms with Crippen molar-refractivity contribution in [2.75, 3.05) is 26.2 Å². The number of piperidine rings is 1. The van der Waals surface area contributed by atoms with E-state index in [2.05, 4.69) is 5.32 Å². The van der Waals surface area contributed by atoms with Crippen LogP contribution >= 0.6 is 0 Å². The number of likely N-dealkylation sites (tertiary alicyclic amines) is 1. The lowest BCUT2D eigenvalue weighted by Crippen LogP contribution is -2.60. The second-order valence-electron chi connectivity index (χ2n) is 7.43. The zero-order chi connectivity index (χ0) is 20.0. The highest BCUT2D eigenvalue weighted by molar-refractivity contribution is 5.79. The van der Waals surface area contributed by atoms with Crippen molar-refractivity contribution in [3.8, 4) is 0 Å². The molecule has 1 amide bonds. The van der Waals surface area contributed by atoms with Crippen LogP contribution < -0.4 is 5.32 Å². The maximum atomic E-state index is 13.2. The molecule has 5 nitrogen and oxygen atoms in total. The minimum absolute atomic E-state index is 0.0497. The maximum absolute atomic E-state index is 13.2. The molecule has 2 aromatic carbocycles. The quantitative estimate of drug-likeness (QED) is 0.631. The summed E-state index contributed by atoms with van der Waals surface area (Å²) >= 11 is 0. The van der Waals surface area contributed by atoms with Gasteiger partial charge in [0.05, 0.1) is 6.42 Å². The summed E-state index contributed by atoms with van der Waals surface area (Å²) in [6, 6.07) is 15.9. The van der Waals surface area contributed by atoms with Gasteiger partial charge in [-0.25, -0.2) is 4.39 Å². The Morgan fingerprint density at radius 3 is 2.64 bits per heavy atom. The van der Waals surface area contributed by atoms with Crippen LogP contribution in [-0.4, -0.2) is 58.9 Å². The van der Waals surface area contributed by atoms with Crippen molar-refractivity contribution >= 4 is 5.91 Å². The average molecular weight is 386 g/mol. The van der Waals surface area contributed by atoms with Crippen LogP contribution in [0.1, 0.15) is 17.5 Å². The molecule has 28 heavy (non-hydrogen) atoms. The second-order valence-corrected chi connectivity index (χ2v) is 7.43. The van der Waals surface area contributed by atoms with Gasteiger partial charge in [0.2, 0.25) is 5.91 Å². The van der Waals surface area contributed by atoms with Gasteiger partial charge in [-0.15, -0.1) is 0 Å². The Hall–Kier alpha value is -2.28. The van der Waals surface area contributed by atoms with Crippen LogP contribution in [0.25, 0.3) is 0 Å². The third-order valence-electron chi connectivity index (χ3n) is 5.29. The number of hydrogen-bond acceptors (Lipinski definition) is 4. The van der Waals surface area contributed by atoms with Crippen LogP contribution in [0.4, 0.5) is 4.39 Å². The smallest absolute Gasteiger partial charge is 0.227 e. The van der Waals surface area contributed by atoms with Gasteiger partial charge in [0.25, 0.3) is 0 Å². The maximum Gasteiger partial charge on any atom is 0.227 e. The van der Waals surface area contributed by atoms with Gasteiger partial charge < -0.3 is 20.4 Å². The summed E-state index contributed by atoms with van der Waals surface area (Å²) in [7, 11) is 0. The van der Waals surface area contributed by atoms with E-state index in [4.69, 9.17) is 0 Å². The predicted octanol–water partition coefficient (Wildman–Crippen LogP) is 1.52. The van der Waals surface area contributed by atoms with E-state index >= 15 is 0 Å². The van der Waals surface area contributed by atoms with Crippen LogP contribution in [0.15, 0.2) is 54.6 Å². The van der Waals surface area contributed by atoms with Crippen LogP contribution in [0.3, 0.4) is 0 Å². The molecular formula is C22H27FN2O3. The number of halogens is 1. The van der Waals surface area contributed by atoms with Crippen molar-refractivity contribution in [2.24, 2.45) is 0 Å². The molecule has 1 aliphatic heterocycles. The van der Waals surface area contributed by atoms with E-state index in [1.807, 2.05) is 36.4 Å². The highest BCUT2D eigenvalue weighted by atomic mass is 19.1. The first-order valence-electron chi connectivity index (χ1n) is 9.63. The second kappa shape index (κ2) is 9.28. The Morgan fingerprint density at radius 1 is 1.18 bits per heavy atom. The molecule has 2 atom stereocenters. The molecule has 150 valence electrons. The van der Waals surface area contributed by atoms with Crippen molar-refractivity contribution in [1.82, 2.24) is 10.2 Å². The van der Waals surface area contributed by atoms with E-state index in [9.17, 15) is 19.4 Å². The number of nitrogens with zero attached hydrogens (tertiary/aromatic N) is 1. The van der Waals surface area contributed by atoms with E-state index < -0.39 is 11.7 Å². The van der Waals surface area contributed by atoms with Crippen LogP contribution in [0.2, 0.25) is 0 Å². The molecule has 0 aromatic heterocycles. The largest absolute Gasteiger partial charge is 0.388 e. The predicted molar refractivity (Wildman–Crippen MR) is 105 cm³/mol. The van der Waals surface area contributed by atoms with E-state index in [0.717, 1.165) is 11.1 Å². The Balaban J connectivity index is 1.45. The van der Waals surface area contributed by atoms with Gasteiger partial charge in [0.15, 0.2) is 0 Å². The minimum Gasteiger partial charge on any atom is -0.388 e. The molecule has 1 fully saturated rings. The van der Waals surface area contributed by atoms with E-state index in [1.165, 1.54) is 12.1 Å². The molecule has 0 unspecified atom stereocenters. The number of carbonyl (C=O) groups is 1. The van der Waals surface area contributed by atoms with Crippen molar-refractivity contribution in [3.05, 3.63) is 71.5 Å². The molecule has 1 heterocycles. The topological polar surface area (TPSA) is 72.8 Å². The summed E-state index contributed by atoms with van der Waals surface area (Å²) in [4.78, 5) is 14.1. The van der Waals surface area contributed by atoms with E-state index in [0.29, 0.717) is 25.9 Å². The SMILES string of the molecule is O=C(Cc1ccccc1)N1CC[C@](O)(CNCCc2cccc(F)c2)[C@@H](O)C1. The third kappa shape index (κ3) is 5.38. The fraction of sp³-hybridized carbons (Fsp3) is 0.409. The Bertz CT molecular complexity index is 786. The molecule has 0 spiro atoms. The van der Waals surface area contributed by atoms with Gasteiger partial charge in [0, 0.05) is 19.6 Å². The van der Waals surface area contributed by atoms with Crippen molar-refractivity contribution < 1.29 is 19.4 Å². The highest BCUT2D eigenvalue weighted by Crippen LogP contribution is 2.23. The van der Waals surface area contributed by atoms with Crippen molar-refractivity contribution in [2.45, 2.75) is 31.0 Å². The molecule has 0 aliphatic carbocycles. The number of amides is 1. The molecule has 0 saturated carbocycles. The first-order valence-corrected chi connectivity index (χ1v) is 9.63. The molecular weight excluding hydrogens is 359 g/mol. The highest BCUT2D eigenvalue weighted by Gasteiger charge is 2.41. The summed E-state index contributed by atoms with van der Waals surface area (Å²) < 4.78 is 13.2. The molecule has 0 radical (unpaired) electrons. The average Bonchev–Trinajstić information content (AvgIpc) is 2.68. The molecule has 1 saturated heterocycles. The third-order valence-corrected chi connectivity index (χ3v) is 5.29. The number of carbonyl (C=O) groups excluding carboxylic acids is 1. The fourth-order valence-electron chi connectivity index (χ4n) is 3.51. The van der Waals surface area contributed by atoms with Crippen LogP contribution in [0.5, 0.6) is 0 Å². The number of aliphatic hydroxyl groups is 2. The zero-order valence-electron chi connectivity index (χ0n) is 15.9. The standard InChI is InChI=1S/C22H27FN2O3/c23-19-8-4-7-18(13-19)9-11-24-16-22(28)10-12-25(15-20(22)26)21(27)14-17-5-2-1-3-6-17/h1-8,13,20,24,26,28H,9-12,14-16H2/t20-,22-/m0/s1. The summed E-state index contributed by atoms with van der Waals surface area (Å²) in [5.41, 5.74) is 0.536. The van der Waals surface area contributed by atoms with E-state index in [-0.39, 0.29) is 31.2 Å². The fourth-order valence-corrected chi connectivity index (χ4v) is 3.51.